The van der Waals surface area contributed by atoms with E-state index in [0.29, 0.717) is 0 Å². The molecule has 20 heavy (non-hydrogen) atoms. The lowest BCUT2D eigenvalue weighted by molar-refractivity contribution is 0.000570. The van der Waals surface area contributed by atoms with Crippen molar-refractivity contribution in [3.05, 3.63) is 29.8 Å². The molecule has 2 unspecified atom stereocenters. The summed E-state index contributed by atoms with van der Waals surface area (Å²) >= 11 is 0. The van der Waals surface area contributed by atoms with Gasteiger partial charge in [-0.15, -0.1) is 0 Å². The molecule has 1 aromatic carbocycles. The van der Waals surface area contributed by atoms with Gasteiger partial charge in [0.2, 0.25) is 10.0 Å². The van der Waals surface area contributed by atoms with E-state index in [4.69, 9.17) is 0 Å². The number of sulfonamides is 1. The Kier molecular flexibility index (Phi) is 4.80. The van der Waals surface area contributed by atoms with Crippen LogP contribution in [0, 0.1) is 6.92 Å². The van der Waals surface area contributed by atoms with Crippen molar-refractivity contribution in [2.45, 2.75) is 43.9 Å². The molecule has 1 fully saturated rings. The van der Waals surface area contributed by atoms with E-state index >= 15 is 0 Å². The summed E-state index contributed by atoms with van der Waals surface area (Å²) in [7, 11) is -3.59. The van der Waals surface area contributed by atoms with Gasteiger partial charge >= 0.3 is 0 Å². The van der Waals surface area contributed by atoms with Gasteiger partial charge in [-0.2, -0.15) is 0 Å². The third-order valence-electron chi connectivity index (χ3n) is 3.63. The highest BCUT2D eigenvalue weighted by molar-refractivity contribution is 7.89. The second-order valence-electron chi connectivity index (χ2n) is 5.38. The maximum Gasteiger partial charge on any atom is 0.240 e. The van der Waals surface area contributed by atoms with Crippen LogP contribution in [0.5, 0.6) is 0 Å². The zero-order valence-corrected chi connectivity index (χ0v) is 12.7. The van der Waals surface area contributed by atoms with Gasteiger partial charge in [0.05, 0.1) is 10.9 Å². The molecule has 0 amide bonds. The smallest absolute Gasteiger partial charge is 0.240 e. The number of hydrogen-bond acceptors (Lipinski definition) is 4. The zero-order chi connectivity index (χ0) is 14.8. The Balaban J connectivity index is 2.05. The first kappa shape index (κ1) is 15.4. The van der Waals surface area contributed by atoms with Crippen molar-refractivity contribution >= 4 is 10.0 Å². The summed E-state index contributed by atoms with van der Waals surface area (Å²) in [6.07, 6.45) is 1.32. The molecule has 5 nitrogen and oxygen atoms in total. The number of likely N-dealkylation sites (tertiary alicyclic amines) is 1. The van der Waals surface area contributed by atoms with E-state index in [9.17, 15) is 13.5 Å². The van der Waals surface area contributed by atoms with Crippen molar-refractivity contribution < 1.29 is 13.5 Å². The first-order chi connectivity index (χ1) is 9.40. The molecule has 1 aliphatic rings. The van der Waals surface area contributed by atoms with Crippen molar-refractivity contribution in [1.82, 2.24) is 9.62 Å². The van der Waals surface area contributed by atoms with Crippen molar-refractivity contribution in [2.24, 2.45) is 0 Å². The fraction of sp³-hybridized carbons (Fsp3) is 0.571. The number of rotatable bonds is 5. The van der Waals surface area contributed by atoms with E-state index in [1.165, 1.54) is 0 Å². The first-order valence-electron chi connectivity index (χ1n) is 6.91. The van der Waals surface area contributed by atoms with Crippen molar-refractivity contribution in [3.63, 3.8) is 0 Å². The molecule has 2 rings (SSSR count). The molecular weight excluding hydrogens is 276 g/mol. The Morgan fingerprint density at radius 1 is 1.20 bits per heavy atom. The van der Waals surface area contributed by atoms with Crippen LogP contribution in [-0.2, 0) is 10.0 Å². The van der Waals surface area contributed by atoms with Gasteiger partial charge in [0, 0.05) is 13.1 Å². The van der Waals surface area contributed by atoms with Crippen LogP contribution in [0.4, 0.5) is 0 Å². The molecule has 1 saturated heterocycles. The number of benzene rings is 1. The van der Waals surface area contributed by atoms with Crippen LogP contribution in [0.15, 0.2) is 29.2 Å². The van der Waals surface area contributed by atoms with Crippen LogP contribution in [0.3, 0.4) is 0 Å². The minimum Gasteiger partial charge on any atom is -0.377 e. The monoisotopic (exact) mass is 298 g/mol. The lowest BCUT2D eigenvalue weighted by Gasteiger charge is -2.28. The molecule has 2 atom stereocenters. The predicted molar refractivity (Wildman–Crippen MR) is 77.8 cm³/mol. The Bertz CT molecular complexity index is 536. The van der Waals surface area contributed by atoms with Gasteiger partial charge in [-0.25, -0.2) is 13.1 Å². The molecule has 2 N–H and O–H groups in total. The summed E-state index contributed by atoms with van der Waals surface area (Å²) in [6.45, 7) is 5.23. The van der Waals surface area contributed by atoms with Gasteiger partial charge < -0.3 is 5.11 Å². The average Bonchev–Trinajstić information content (AvgIpc) is 2.91. The van der Waals surface area contributed by atoms with Crippen molar-refractivity contribution in [3.8, 4) is 0 Å². The van der Waals surface area contributed by atoms with Crippen molar-refractivity contribution in [2.75, 3.05) is 13.1 Å². The van der Waals surface area contributed by atoms with Crippen LogP contribution in [-0.4, -0.2) is 43.8 Å². The van der Waals surface area contributed by atoms with Gasteiger partial charge in [-0.05, 0) is 38.8 Å². The summed E-state index contributed by atoms with van der Waals surface area (Å²) in [5, 5.41) is 10.2. The molecule has 112 valence electrons. The molecule has 0 aliphatic carbocycles. The quantitative estimate of drug-likeness (QED) is 0.853. The fourth-order valence-corrected chi connectivity index (χ4v) is 3.66. The zero-order valence-electron chi connectivity index (χ0n) is 11.9. The number of aliphatic hydroxyl groups excluding tert-OH is 1. The third-order valence-corrected chi connectivity index (χ3v) is 5.21. The van der Waals surface area contributed by atoms with E-state index in [-0.39, 0.29) is 4.90 Å². The minimum atomic E-state index is -3.59. The van der Waals surface area contributed by atoms with Gasteiger partial charge in [0.15, 0.2) is 0 Å². The average molecular weight is 298 g/mol. The fourth-order valence-electron chi connectivity index (χ4n) is 2.41. The maximum absolute atomic E-state index is 12.2. The molecule has 0 spiro atoms. The number of nitrogens with zero attached hydrogens (tertiary/aromatic N) is 1. The van der Waals surface area contributed by atoms with Gasteiger partial charge in [-0.1, -0.05) is 17.7 Å². The van der Waals surface area contributed by atoms with E-state index in [1.807, 2.05) is 11.8 Å². The maximum atomic E-state index is 12.2. The highest BCUT2D eigenvalue weighted by Crippen LogP contribution is 2.15. The Hall–Kier alpha value is -0.950. The van der Waals surface area contributed by atoms with E-state index in [0.717, 1.165) is 31.5 Å². The van der Waals surface area contributed by atoms with Crippen LogP contribution in [0.25, 0.3) is 0 Å². The molecule has 0 bridgehead atoms. The number of aliphatic hydroxyl groups is 1. The van der Waals surface area contributed by atoms with Gasteiger partial charge in [0.25, 0.3) is 0 Å². The Morgan fingerprint density at radius 3 is 2.30 bits per heavy atom. The molecule has 0 radical (unpaired) electrons. The predicted octanol–water partition coefficient (Wildman–Crippen LogP) is 1.08. The lowest BCUT2D eigenvalue weighted by Crippen LogP contribution is -2.49. The topological polar surface area (TPSA) is 69.6 Å². The van der Waals surface area contributed by atoms with Crippen LogP contribution >= 0.6 is 0 Å². The number of hydrogen-bond donors (Lipinski definition) is 2. The first-order valence-corrected chi connectivity index (χ1v) is 8.39. The van der Waals surface area contributed by atoms with Crippen LogP contribution in [0.2, 0.25) is 0 Å². The second-order valence-corrected chi connectivity index (χ2v) is 7.09. The highest BCUT2D eigenvalue weighted by Gasteiger charge is 2.28. The summed E-state index contributed by atoms with van der Waals surface area (Å²) in [6, 6.07) is 6.13. The summed E-state index contributed by atoms with van der Waals surface area (Å²) < 4.78 is 27.0. The molecule has 1 aliphatic heterocycles. The molecule has 1 heterocycles. The van der Waals surface area contributed by atoms with E-state index < -0.39 is 22.3 Å². The van der Waals surface area contributed by atoms with Crippen LogP contribution in [0.1, 0.15) is 25.3 Å². The van der Waals surface area contributed by atoms with E-state index in [2.05, 4.69) is 4.72 Å². The molecule has 6 heteroatoms. The van der Waals surface area contributed by atoms with Gasteiger partial charge in [0.1, 0.15) is 6.23 Å². The SMILES string of the molecule is Cc1ccc(S(=O)(=O)NC(C)C(O)N2CCCC2)cc1. The standard InChI is InChI=1S/C14H22N2O3S/c1-11-5-7-13(8-6-11)20(18,19)15-12(2)14(17)16-9-3-4-10-16/h5-8,12,14-15,17H,3-4,9-10H2,1-2H3. The van der Waals surface area contributed by atoms with Crippen LogP contribution < -0.4 is 4.72 Å². The molecule has 0 saturated carbocycles. The summed E-state index contributed by atoms with van der Waals surface area (Å²) in [5.41, 5.74) is 1.01. The minimum absolute atomic E-state index is 0.226. The molecule has 1 aromatic rings. The normalized spacial score (nSPS) is 19.9. The molecular formula is C14H22N2O3S. The summed E-state index contributed by atoms with van der Waals surface area (Å²) in [4.78, 5) is 2.13. The van der Waals surface area contributed by atoms with E-state index in [1.54, 1.807) is 31.2 Å². The number of nitrogens with one attached hydrogen (secondary N) is 1. The summed E-state index contributed by atoms with van der Waals surface area (Å²) in [5.74, 6) is 0. The molecule has 0 aromatic heterocycles. The third kappa shape index (κ3) is 3.58. The largest absolute Gasteiger partial charge is 0.377 e. The van der Waals surface area contributed by atoms with Crippen molar-refractivity contribution in [1.29, 1.82) is 0 Å². The number of aryl methyl sites for hydroxylation is 1. The van der Waals surface area contributed by atoms with Gasteiger partial charge in [-0.3, -0.25) is 4.90 Å². The highest BCUT2D eigenvalue weighted by atomic mass is 32.2. The second kappa shape index (κ2) is 6.22. The Morgan fingerprint density at radius 2 is 1.75 bits per heavy atom. The Labute approximate surface area is 120 Å². The lowest BCUT2D eigenvalue weighted by atomic mass is 10.2.